The third kappa shape index (κ3) is 2.90. The first-order valence-corrected chi connectivity index (χ1v) is 7.08. The van der Waals surface area contributed by atoms with Crippen LogP contribution in [-0.4, -0.2) is 6.54 Å². The number of rotatable bonds is 3. The fourth-order valence-electron chi connectivity index (χ4n) is 2.74. The molecule has 1 atom stereocenters. The predicted molar refractivity (Wildman–Crippen MR) is 74.5 cm³/mol. The molecule has 1 nitrogen and oxygen atoms in total. The second kappa shape index (κ2) is 5.68. The Labute approximate surface area is 106 Å². The zero-order chi connectivity index (χ0) is 12.3. The van der Waals surface area contributed by atoms with Crippen molar-refractivity contribution in [3.63, 3.8) is 0 Å². The third-order valence-corrected chi connectivity index (χ3v) is 3.90. The fourth-order valence-corrected chi connectivity index (χ4v) is 2.74. The molecule has 1 aliphatic heterocycles. The summed E-state index contributed by atoms with van der Waals surface area (Å²) in [5, 5.41) is 3.68. The highest BCUT2D eigenvalue weighted by molar-refractivity contribution is 5.36. The van der Waals surface area contributed by atoms with Crippen LogP contribution in [0.5, 0.6) is 0 Å². The van der Waals surface area contributed by atoms with Gasteiger partial charge in [0.2, 0.25) is 0 Å². The minimum absolute atomic E-state index is 0.595. The van der Waals surface area contributed by atoms with Gasteiger partial charge in [-0.15, -0.1) is 0 Å². The summed E-state index contributed by atoms with van der Waals surface area (Å²) in [6.45, 7) is 7.99. The molecule has 17 heavy (non-hydrogen) atoms. The van der Waals surface area contributed by atoms with Crippen LogP contribution >= 0.6 is 0 Å². The first-order chi connectivity index (χ1) is 8.22. The van der Waals surface area contributed by atoms with Crippen molar-refractivity contribution in [3.8, 4) is 0 Å². The van der Waals surface area contributed by atoms with Crippen molar-refractivity contribution in [1.82, 2.24) is 5.32 Å². The normalized spacial score (nSPS) is 20.8. The van der Waals surface area contributed by atoms with Gasteiger partial charge in [0.25, 0.3) is 0 Å². The molecule has 0 amide bonds. The number of nitrogens with one attached hydrogen (secondary N) is 1. The Balaban J connectivity index is 2.30. The molecule has 0 bridgehead atoms. The Morgan fingerprint density at radius 3 is 2.71 bits per heavy atom. The van der Waals surface area contributed by atoms with Crippen LogP contribution in [0.4, 0.5) is 0 Å². The molecule has 1 heterocycles. The quantitative estimate of drug-likeness (QED) is 0.822. The van der Waals surface area contributed by atoms with Crippen LogP contribution in [0.25, 0.3) is 0 Å². The van der Waals surface area contributed by atoms with E-state index in [4.69, 9.17) is 0 Å². The molecule has 1 aliphatic rings. The maximum Gasteiger partial charge on any atom is 0.0323 e. The lowest BCUT2D eigenvalue weighted by Gasteiger charge is -2.26. The van der Waals surface area contributed by atoms with Gasteiger partial charge in [-0.25, -0.2) is 0 Å². The van der Waals surface area contributed by atoms with Gasteiger partial charge in [0.1, 0.15) is 0 Å². The SMILES string of the molecule is CCc1ccc(C(C)C)cc1C1CCCCN1. The minimum Gasteiger partial charge on any atom is -0.310 e. The lowest BCUT2D eigenvalue weighted by Crippen LogP contribution is -2.27. The van der Waals surface area contributed by atoms with E-state index in [1.807, 2.05) is 0 Å². The fraction of sp³-hybridized carbons (Fsp3) is 0.625. The molecule has 0 aromatic heterocycles. The molecule has 1 saturated heterocycles. The van der Waals surface area contributed by atoms with Crippen molar-refractivity contribution in [1.29, 1.82) is 0 Å². The minimum atomic E-state index is 0.595. The molecule has 0 spiro atoms. The van der Waals surface area contributed by atoms with E-state index < -0.39 is 0 Å². The number of piperidine rings is 1. The molecule has 94 valence electrons. The summed E-state index contributed by atoms with van der Waals surface area (Å²) in [5.41, 5.74) is 4.55. The molecular formula is C16H25N. The van der Waals surface area contributed by atoms with Crippen molar-refractivity contribution in [2.45, 2.75) is 58.4 Å². The highest BCUT2D eigenvalue weighted by atomic mass is 14.9. The van der Waals surface area contributed by atoms with E-state index in [0.717, 1.165) is 6.42 Å². The van der Waals surface area contributed by atoms with Gasteiger partial charge in [-0.2, -0.15) is 0 Å². The zero-order valence-corrected chi connectivity index (χ0v) is 11.4. The van der Waals surface area contributed by atoms with Crippen LogP contribution in [-0.2, 0) is 6.42 Å². The Bertz CT molecular complexity index is 362. The Morgan fingerprint density at radius 2 is 2.12 bits per heavy atom. The molecule has 1 fully saturated rings. The number of aryl methyl sites for hydroxylation is 1. The van der Waals surface area contributed by atoms with Gasteiger partial charge in [-0.05, 0) is 48.4 Å². The van der Waals surface area contributed by atoms with E-state index in [1.165, 1.54) is 36.9 Å². The molecule has 0 aliphatic carbocycles. The van der Waals surface area contributed by atoms with E-state index in [9.17, 15) is 0 Å². The highest BCUT2D eigenvalue weighted by Crippen LogP contribution is 2.29. The summed E-state index contributed by atoms with van der Waals surface area (Å²) in [6.07, 6.45) is 5.15. The van der Waals surface area contributed by atoms with Crippen LogP contribution in [0.15, 0.2) is 18.2 Å². The Morgan fingerprint density at radius 1 is 1.29 bits per heavy atom. The molecule has 1 N–H and O–H groups in total. The van der Waals surface area contributed by atoms with Crippen LogP contribution in [0.2, 0.25) is 0 Å². The largest absolute Gasteiger partial charge is 0.310 e. The van der Waals surface area contributed by atoms with Gasteiger partial charge in [-0.1, -0.05) is 45.4 Å². The second-order valence-electron chi connectivity index (χ2n) is 5.47. The average molecular weight is 231 g/mol. The molecule has 0 saturated carbocycles. The average Bonchev–Trinajstić information content (AvgIpc) is 2.39. The van der Waals surface area contributed by atoms with Crippen molar-refractivity contribution >= 4 is 0 Å². The summed E-state index contributed by atoms with van der Waals surface area (Å²) in [6, 6.07) is 7.67. The molecule has 0 radical (unpaired) electrons. The zero-order valence-electron chi connectivity index (χ0n) is 11.4. The predicted octanol–water partition coefficient (Wildman–Crippen LogP) is 4.19. The Hall–Kier alpha value is -0.820. The molecule has 1 aromatic rings. The first kappa shape index (κ1) is 12.6. The first-order valence-electron chi connectivity index (χ1n) is 7.08. The van der Waals surface area contributed by atoms with Gasteiger partial charge in [0.05, 0.1) is 0 Å². The van der Waals surface area contributed by atoms with Crippen molar-refractivity contribution in [2.75, 3.05) is 6.54 Å². The van der Waals surface area contributed by atoms with Gasteiger partial charge >= 0.3 is 0 Å². The van der Waals surface area contributed by atoms with Gasteiger partial charge in [0.15, 0.2) is 0 Å². The summed E-state index contributed by atoms with van der Waals surface area (Å²) in [4.78, 5) is 0. The molecular weight excluding hydrogens is 206 g/mol. The summed E-state index contributed by atoms with van der Waals surface area (Å²) >= 11 is 0. The van der Waals surface area contributed by atoms with Crippen LogP contribution in [0.3, 0.4) is 0 Å². The number of benzene rings is 1. The lowest BCUT2D eigenvalue weighted by molar-refractivity contribution is 0.410. The smallest absolute Gasteiger partial charge is 0.0323 e. The maximum absolute atomic E-state index is 3.68. The third-order valence-electron chi connectivity index (χ3n) is 3.90. The number of hydrogen-bond acceptors (Lipinski definition) is 1. The molecule has 1 unspecified atom stereocenters. The topological polar surface area (TPSA) is 12.0 Å². The van der Waals surface area contributed by atoms with Crippen molar-refractivity contribution in [3.05, 3.63) is 34.9 Å². The van der Waals surface area contributed by atoms with E-state index in [2.05, 4.69) is 44.3 Å². The van der Waals surface area contributed by atoms with Crippen molar-refractivity contribution in [2.24, 2.45) is 0 Å². The van der Waals surface area contributed by atoms with Gasteiger partial charge < -0.3 is 5.32 Å². The van der Waals surface area contributed by atoms with Crippen LogP contribution < -0.4 is 5.32 Å². The number of hydrogen-bond donors (Lipinski definition) is 1. The Kier molecular flexibility index (Phi) is 4.22. The van der Waals surface area contributed by atoms with E-state index in [-0.39, 0.29) is 0 Å². The monoisotopic (exact) mass is 231 g/mol. The van der Waals surface area contributed by atoms with Crippen LogP contribution in [0, 0.1) is 0 Å². The lowest BCUT2D eigenvalue weighted by atomic mass is 9.89. The van der Waals surface area contributed by atoms with E-state index in [0.29, 0.717) is 12.0 Å². The standard InChI is InChI=1S/C16H25N/c1-4-13-8-9-14(12(2)3)11-15(13)16-7-5-6-10-17-16/h8-9,11-12,16-17H,4-7,10H2,1-3H3. The molecule has 2 rings (SSSR count). The molecule has 1 heteroatoms. The summed E-state index contributed by atoms with van der Waals surface area (Å²) in [7, 11) is 0. The summed E-state index contributed by atoms with van der Waals surface area (Å²) < 4.78 is 0. The van der Waals surface area contributed by atoms with Crippen LogP contribution in [0.1, 0.15) is 68.7 Å². The van der Waals surface area contributed by atoms with E-state index in [1.54, 1.807) is 5.56 Å². The highest BCUT2D eigenvalue weighted by Gasteiger charge is 2.18. The summed E-state index contributed by atoms with van der Waals surface area (Å²) in [5.74, 6) is 0.628. The molecule has 1 aromatic carbocycles. The van der Waals surface area contributed by atoms with Gasteiger partial charge in [0, 0.05) is 6.04 Å². The van der Waals surface area contributed by atoms with E-state index >= 15 is 0 Å². The second-order valence-corrected chi connectivity index (χ2v) is 5.47. The van der Waals surface area contributed by atoms with Crippen molar-refractivity contribution < 1.29 is 0 Å². The maximum atomic E-state index is 3.68. The van der Waals surface area contributed by atoms with Gasteiger partial charge in [-0.3, -0.25) is 0 Å².